The summed E-state index contributed by atoms with van der Waals surface area (Å²) in [5.74, 6) is 0.0643. The molecule has 6 nitrogen and oxygen atoms in total. The second kappa shape index (κ2) is 11.4. The third-order valence-electron chi connectivity index (χ3n) is 4.79. The number of benzene rings is 2. The monoisotopic (exact) mass is 452 g/mol. The summed E-state index contributed by atoms with van der Waals surface area (Å²) in [4.78, 5) is 24.7. The van der Waals surface area contributed by atoms with E-state index < -0.39 is 5.97 Å². The molecule has 1 atom stereocenters. The molecular weight excluding hydrogens is 424 g/mol. The molecule has 1 amide bonds. The van der Waals surface area contributed by atoms with Gasteiger partial charge in [-0.15, -0.1) is 6.58 Å². The highest BCUT2D eigenvalue weighted by atomic mass is 32.2. The Morgan fingerprint density at radius 2 is 2.00 bits per heavy atom. The van der Waals surface area contributed by atoms with Crippen LogP contribution in [0.15, 0.2) is 60.0 Å². The van der Waals surface area contributed by atoms with Crippen molar-refractivity contribution in [3.63, 3.8) is 0 Å². The smallest absolute Gasteiger partial charge is 0.344 e. The van der Waals surface area contributed by atoms with E-state index in [4.69, 9.17) is 9.47 Å². The second-order valence-corrected chi connectivity index (χ2v) is 8.28. The highest BCUT2D eigenvalue weighted by molar-refractivity contribution is 8.05. The standard InChI is InChI=1S/C25H28N2O4S/c1-4-7-19-14-18(10-13-21(19)31-16-23(28)30-6-3)15-22-24(29)27-25(32-22)26-20-11-8-17(5-2)9-12-20/h4,8-15,25-26H,1,5-7,16H2,2-3H3,(H,27,29)/b22-15-/t25-/m0/s1. The minimum absolute atomic E-state index is 0.120. The highest BCUT2D eigenvalue weighted by Gasteiger charge is 2.27. The van der Waals surface area contributed by atoms with Crippen molar-refractivity contribution in [2.45, 2.75) is 32.2 Å². The number of nitrogens with one attached hydrogen (secondary N) is 2. The lowest BCUT2D eigenvalue weighted by molar-refractivity contribution is -0.145. The molecule has 1 heterocycles. The molecule has 2 N–H and O–H groups in total. The van der Waals surface area contributed by atoms with Gasteiger partial charge in [-0.2, -0.15) is 0 Å². The van der Waals surface area contributed by atoms with Crippen LogP contribution >= 0.6 is 11.8 Å². The van der Waals surface area contributed by atoms with Gasteiger partial charge in [0, 0.05) is 5.69 Å². The van der Waals surface area contributed by atoms with E-state index in [0.717, 1.165) is 23.2 Å². The van der Waals surface area contributed by atoms with E-state index in [-0.39, 0.29) is 18.0 Å². The summed E-state index contributed by atoms with van der Waals surface area (Å²) in [7, 11) is 0. The zero-order valence-corrected chi connectivity index (χ0v) is 19.2. The Labute approximate surface area is 193 Å². The van der Waals surface area contributed by atoms with E-state index in [1.54, 1.807) is 19.1 Å². The van der Waals surface area contributed by atoms with Crippen molar-refractivity contribution in [3.8, 4) is 5.75 Å². The van der Waals surface area contributed by atoms with Gasteiger partial charge in [-0.05, 0) is 66.8 Å². The lowest BCUT2D eigenvalue weighted by atomic mass is 10.1. The number of aryl methyl sites for hydroxylation is 1. The number of esters is 1. The number of allylic oxidation sites excluding steroid dienone is 1. The number of rotatable bonds is 10. The molecule has 1 saturated heterocycles. The number of ether oxygens (including phenoxy) is 2. The molecule has 3 rings (SSSR count). The predicted molar refractivity (Wildman–Crippen MR) is 129 cm³/mol. The van der Waals surface area contributed by atoms with Crippen molar-refractivity contribution in [2.75, 3.05) is 18.5 Å². The highest BCUT2D eigenvalue weighted by Crippen LogP contribution is 2.31. The van der Waals surface area contributed by atoms with Crippen molar-refractivity contribution < 1.29 is 19.1 Å². The van der Waals surface area contributed by atoms with Gasteiger partial charge in [-0.25, -0.2) is 4.79 Å². The molecule has 0 spiro atoms. The van der Waals surface area contributed by atoms with Crippen LogP contribution in [0, 0.1) is 0 Å². The molecule has 0 bridgehead atoms. The summed E-state index contributed by atoms with van der Waals surface area (Å²) < 4.78 is 10.5. The van der Waals surface area contributed by atoms with Crippen LogP contribution < -0.4 is 15.4 Å². The zero-order chi connectivity index (χ0) is 22.9. The summed E-state index contributed by atoms with van der Waals surface area (Å²) in [6, 6.07) is 13.8. The van der Waals surface area contributed by atoms with Crippen LogP contribution in [0.1, 0.15) is 30.5 Å². The number of thioether (sulfide) groups is 1. The van der Waals surface area contributed by atoms with Crippen LogP contribution in [0.2, 0.25) is 0 Å². The molecule has 0 saturated carbocycles. The molecule has 168 valence electrons. The van der Waals surface area contributed by atoms with Crippen LogP contribution in [0.25, 0.3) is 6.08 Å². The Morgan fingerprint density at radius 1 is 1.22 bits per heavy atom. The van der Waals surface area contributed by atoms with Crippen LogP contribution in [0.4, 0.5) is 5.69 Å². The van der Waals surface area contributed by atoms with Gasteiger partial charge < -0.3 is 20.1 Å². The van der Waals surface area contributed by atoms with Gasteiger partial charge in [0.05, 0.1) is 11.5 Å². The fourth-order valence-corrected chi connectivity index (χ4v) is 4.17. The first kappa shape index (κ1) is 23.5. The Kier molecular flexibility index (Phi) is 8.39. The molecule has 0 aromatic heterocycles. The van der Waals surface area contributed by atoms with Crippen LogP contribution in [0.3, 0.4) is 0 Å². The molecule has 1 aliphatic rings. The quantitative estimate of drug-likeness (QED) is 0.314. The van der Waals surface area contributed by atoms with Crippen LogP contribution in [0.5, 0.6) is 5.75 Å². The Morgan fingerprint density at radius 3 is 2.69 bits per heavy atom. The minimum Gasteiger partial charge on any atom is -0.482 e. The molecular formula is C25H28N2O4S. The molecule has 0 unspecified atom stereocenters. The Balaban J connectivity index is 1.69. The van der Waals surface area contributed by atoms with E-state index >= 15 is 0 Å². The first-order valence-electron chi connectivity index (χ1n) is 10.6. The fourth-order valence-electron chi connectivity index (χ4n) is 3.19. The van der Waals surface area contributed by atoms with Gasteiger partial charge >= 0.3 is 5.97 Å². The molecule has 7 heteroatoms. The molecule has 32 heavy (non-hydrogen) atoms. The average molecular weight is 453 g/mol. The van der Waals surface area contributed by atoms with E-state index in [1.807, 2.05) is 30.3 Å². The largest absolute Gasteiger partial charge is 0.482 e. The van der Waals surface area contributed by atoms with Gasteiger partial charge in [-0.1, -0.05) is 43.0 Å². The first-order chi connectivity index (χ1) is 15.5. The van der Waals surface area contributed by atoms with Gasteiger partial charge in [0.15, 0.2) is 12.1 Å². The molecule has 0 aliphatic carbocycles. The fraction of sp³-hybridized carbons (Fsp3) is 0.280. The Hall–Kier alpha value is -3.19. The number of carbonyl (C=O) groups is 2. The summed E-state index contributed by atoms with van der Waals surface area (Å²) in [5, 5.41) is 6.28. The normalized spacial score (nSPS) is 16.5. The SMILES string of the molecule is C=CCc1cc(/C=C2\S[C@@H](Nc3ccc(CC)cc3)NC2=O)ccc1OCC(=O)OCC. The first-order valence-corrected chi connectivity index (χ1v) is 11.5. The summed E-state index contributed by atoms with van der Waals surface area (Å²) in [6.45, 7) is 7.82. The second-order valence-electron chi connectivity index (χ2n) is 7.13. The Bertz CT molecular complexity index is 1000. The van der Waals surface area contributed by atoms with Crippen molar-refractivity contribution in [2.24, 2.45) is 0 Å². The number of hydrogen-bond donors (Lipinski definition) is 2. The van der Waals surface area contributed by atoms with Crippen LogP contribution in [-0.2, 0) is 27.2 Å². The summed E-state index contributed by atoms with van der Waals surface area (Å²) in [5.41, 5.74) is 3.74. The maximum atomic E-state index is 12.5. The zero-order valence-electron chi connectivity index (χ0n) is 18.4. The van der Waals surface area contributed by atoms with E-state index in [1.165, 1.54) is 17.3 Å². The maximum absolute atomic E-state index is 12.5. The van der Waals surface area contributed by atoms with E-state index in [9.17, 15) is 9.59 Å². The minimum atomic E-state index is -0.412. The van der Waals surface area contributed by atoms with Crippen molar-refractivity contribution in [3.05, 3.63) is 76.7 Å². The van der Waals surface area contributed by atoms with Crippen molar-refractivity contribution >= 4 is 35.4 Å². The van der Waals surface area contributed by atoms with Crippen LogP contribution in [-0.4, -0.2) is 30.6 Å². The third kappa shape index (κ3) is 6.40. The van der Waals surface area contributed by atoms with Gasteiger partial charge in [0.1, 0.15) is 5.75 Å². The van der Waals surface area contributed by atoms with E-state index in [0.29, 0.717) is 23.7 Å². The predicted octanol–water partition coefficient (Wildman–Crippen LogP) is 4.52. The summed E-state index contributed by atoms with van der Waals surface area (Å²) in [6.07, 6.45) is 5.18. The molecule has 2 aromatic rings. The molecule has 2 aromatic carbocycles. The maximum Gasteiger partial charge on any atom is 0.344 e. The van der Waals surface area contributed by atoms with Gasteiger partial charge in [-0.3, -0.25) is 4.79 Å². The number of hydrogen-bond acceptors (Lipinski definition) is 6. The van der Waals surface area contributed by atoms with Crippen molar-refractivity contribution in [1.82, 2.24) is 5.32 Å². The van der Waals surface area contributed by atoms with E-state index in [2.05, 4.69) is 36.3 Å². The average Bonchev–Trinajstić information content (AvgIpc) is 3.12. The lowest BCUT2D eigenvalue weighted by Gasteiger charge is -2.13. The topological polar surface area (TPSA) is 76.7 Å². The molecule has 1 fully saturated rings. The summed E-state index contributed by atoms with van der Waals surface area (Å²) >= 11 is 1.44. The van der Waals surface area contributed by atoms with Crippen molar-refractivity contribution in [1.29, 1.82) is 0 Å². The molecule has 0 radical (unpaired) electrons. The number of anilines is 1. The number of carbonyl (C=O) groups excluding carboxylic acids is 2. The third-order valence-corrected chi connectivity index (χ3v) is 5.82. The van der Waals surface area contributed by atoms with Gasteiger partial charge in [0.25, 0.3) is 5.91 Å². The molecule has 1 aliphatic heterocycles. The number of amides is 1. The lowest BCUT2D eigenvalue weighted by Crippen LogP contribution is -2.30. The van der Waals surface area contributed by atoms with Gasteiger partial charge in [0.2, 0.25) is 0 Å².